The van der Waals surface area contributed by atoms with E-state index in [2.05, 4.69) is 5.32 Å². The summed E-state index contributed by atoms with van der Waals surface area (Å²) in [5.74, 6) is -0.306. The molecule has 0 aliphatic carbocycles. The van der Waals surface area contributed by atoms with Gasteiger partial charge in [-0.25, -0.2) is 4.39 Å². The van der Waals surface area contributed by atoms with Crippen molar-refractivity contribution in [2.45, 2.75) is 19.8 Å². The van der Waals surface area contributed by atoms with Gasteiger partial charge in [-0.3, -0.25) is 9.59 Å². The maximum Gasteiger partial charge on any atom is 0.257 e. The first kappa shape index (κ1) is 16.2. The van der Waals surface area contributed by atoms with E-state index in [9.17, 15) is 14.0 Å². The molecule has 1 N–H and O–H groups in total. The predicted octanol–water partition coefficient (Wildman–Crippen LogP) is 3.22. The molecule has 24 heavy (non-hydrogen) atoms. The summed E-state index contributed by atoms with van der Waals surface area (Å²) in [6, 6.07) is 7.30. The average molecular weight is 330 g/mol. The van der Waals surface area contributed by atoms with E-state index in [4.69, 9.17) is 4.42 Å². The largest absolute Gasteiger partial charge is 0.469 e. The smallest absolute Gasteiger partial charge is 0.257 e. The summed E-state index contributed by atoms with van der Waals surface area (Å²) in [4.78, 5) is 26.6. The van der Waals surface area contributed by atoms with E-state index < -0.39 is 0 Å². The molecule has 5 nitrogen and oxygen atoms in total. The highest BCUT2D eigenvalue weighted by molar-refractivity contribution is 5.96. The molecule has 2 amide bonds. The number of halogens is 1. The lowest BCUT2D eigenvalue weighted by molar-refractivity contribution is -0.121. The zero-order chi connectivity index (χ0) is 17.1. The normalized spacial score (nSPS) is 17.6. The van der Waals surface area contributed by atoms with Crippen molar-refractivity contribution in [2.24, 2.45) is 5.92 Å². The molecule has 2 aromatic rings. The van der Waals surface area contributed by atoms with E-state index in [1.54, 1.807) is 17.9 Å². The van der Waals surface area contributed by atoms with Gasteiger partial charge in [-0.15, -0.1) is 0 Å². The van der Waals surface area contributed by atoms with Crippen molar-refractivity contribution >= 4 is 17.5 Å². The number of anilines is 1. The minimum Gasteiger partial charge on any atom is -0.469 e. The Hall–Kier alpha value is -2.63. The molecule has 1 aromatic carbocycles. The highest BCUT2D eigenvalue weighted by Crippen LogP contribution is 2.22. The van der Waals surface area contributed by atoms with Crippen LogP contribution >= 0.6 is 0 Å². The summed E-state index contributed by atoms with van der Waals surface area (Å²) in [5.41, 5.74) is 1.09. The molecule has 6 heteroatoms. The van der Waals surface area contributed by atoms with E-state index in [1.807, 2.05) is 0 Å². The van der Waals surface area contributed by atoms with Crippen LogP contribution in [-0.2, 0) is 4.79 Å². The van der Waals surface area contributed by atoms with Crippen LogP contribution in [0.2, 0.25) is 0 Å². The molecule has 1 saturated heterocycles. The van der Waals surface area contributed by atoms with Crippen LogP contribution in [0.4, 0.5) is 10.1 Å². The first-order valence-corrected chi connectivity index (χ1v) is 7.94. The lowest BCUT2D eigenvalue weighted by Gasteiger charge is -2.32. The highest BCUT2D eigenvalue weighted by Gasteiger charge is 2.30. The van der Waals surface area contributed by atoms with Crippen LogP contribution in [0.3, 0.4) is 0 Å². The molecule has 126 valence electrons. The minimum atomic E-state index is -0.349. The lowest BCUT2D eigenvalue weighted by atomic mass is 9.96. The van der Waals surface area contributed by atoms with Crippen molar-refractivity contribution in [3.05, 3.63) is 53.7 Å². The van der Waals surface area contributed by atoms with Crippen LogP contribution in [0.25, 0.3) is 0 Å². The molecular formula is C18H19FN2O3. The minimum absolute atomic E-state index is 0.111. The Morgan fingerprint density at radius 3 is 2.67 bits per heavy atom. The maximum atomic E-state index is 12.9. The number of furan rings is 1. The molecule has 3 rings (SSSR count). The second kappa shape index (κ2) is 6.86. The van der Waals surface area contributed by atoms with Gasteiger partial charge in [0.1, 0.15) is 11.6 Å². The number of carbonyl (C=O) groups is 2. The molecule has 2 heterocycles. The quantitative estimate of drug-likeness (QED) is 0.940. The third kappa shape index (κ3) is 3.48. The van der Waals surface area contributed by atoms with E-state index >= 15 is 0 Å². The van der Waals surface area contributed by atoms with E-state index in [0.29, 0.717) is 30.1 Å². The Balaban J connectivity index is 1.64. The van der Waals surface area contributed by atoms with Crippen LogP contribution in [0, 0.1) is 18.7 Å². The van der Waals surface area contributed by atoms with Gasteiger partial charge in [0.05, 0.1) is 17.7 Å². The van der Waals surface area contributed by atoms with Crippen molar-refractivity contribution < 1.29 is 18.4 Å². The topological polar surface area (TPSA) is 62.6 Å². The number of aryl methyl sites for hydroxylation is 1. The summed E-state index contributed by atoms with van der Waals surface area (Å²) in [5, 5.41) is 2.78. The zero-order valence-electron chi connectivity index (χ0n) is 13.4. The third-order valence-corrected chi connectivity index (χ3v) is 4.28. The fourth-order valence-electron chi connectivity index (χ4n) is 2.93. The van der Waals surface area contributed by atoms with Crippen molar-refractivity contribution in [2.75, 3.05) is 18.4 Å². The number of nitrogens with zero attached hydrogens (tertiary/aromatic N) is 1. The Bertz CT molecular complexity index is 739. The maximum absolute atomic E-state index is 12.9. The molecule has 1 aliphatic rings. The molecule has 1 fully saturated rings. The summed E-state index contributed by atoms with van der Waals surface area (Å²) in [6.07, 6.45) is 2.98. The van der Waals surface area contributed by atoms with Crippen molar-refractivity contribution in [3.63, 3.8) is 0 Å². The van der Waals surface area contributed by atoms with E-state index in [1.165, 1.54) is 30.5 Å². The second-order valence-electron chi connectivity index (χ2n) is 5.98. The van der Waals surface area contributed by atoms with Crippen LogP contribution in [0.1, 0.15) is 29.0 Å². The monoisotopic (exact) mass is 330 g/mol. The van der Waals surface area contributed by atoms with Crippen molar-refractivity contribution in [1.82, 2.24) is 4.90 Å². The molecule has 1 atom stereocenters. The standard InChI is InChI=1S/C18H19FN2O3/c1-12-16(8-10-24-12)18(23)21-9-2-3-13(11-21)17(22)20-15-6-4-14(19)5-7-15/h4-8,10,13H,2-3,9,11H2,1H3,(H,20,22). The SMILES string of the molecule is Cc1occc1C(=O)N1CCCC(C(=O)Nc2ccc(F)cc2)C1. The second-order valence-corrected chi connectivity index (χ2v) is 5.98. The van der Waals surface area contributed by atoms with Gasteiger partial charge in [0.2, 0.25) is 5.91 Å². The Morgan fingerprint density at radius 1 is 1.25 bits per heavy atom. The lowest BCUT2D eigenvalue weighted by Crippen LogP contribution is -2.43. The van der Waals surface area contributed by atoms with Crippen molar-refractivity contribution in [3.8, 4) is 0 Å². The van der Waals surface area contributed by atoms with Gasteiger partial charge in [0.15, 0.2) is 0 Å². The number of likely N-dealkylation sites (tertiary alicyclic amines) is 1. The summed E-state index contributed by atoms with van der Waals surface area (Å²) >= 11 is 0. The average Bonchev–Trinajstić information content (AvgIpc) is 3.02. The molecule has 0 radical (unpaired) electrons. The molecule has 1 aromatic heterocycles. The summed E-state index contributed by atoms with van der Waals surface area (Å²) in [6.45, 7) is 2.75. The van der Waals surface area contributed by atoms with Crippen LogP contribution in [0.15, 0.2) is 41.0 Å². The number of carbonyl (C=O) groups excluding carboxylic acids is 2. The van der Waals surface area contributed by atoms with Crippen molar-refractivity contribution in [1.29, 1.82) is 0 Å². The fraction of sp³-hybridized carbons (Fsp3) is 0.333. The number of hydrogen-bond acceptors (Lipinski definition) is 3. The summed E-state index contributed by atoms with van der Waals surface area (Å²) in [7, 11) is 0. The first-order chi connectivity index (χ1) is 11.5. The van der Waals surface area contributed by atoms with Crippen LogP contribution < -0.4 is 5.32 Å². The number of hydrogen-bond donors (Lipinski definition) is 1. The summed E-state index contributed by atoms with van der Waals surface area (Å²) < 4.78 is 18.1. The number of amides is 2. The van der Waals surface area contributed by atoms with Gasteiger partial charge >= 0.3 is 0 Å². The zero-order valence-corrected chi connectivity index (χ0v) is 13.4. The third-order valence-electron chi connectivity index (χ3n) is 4.28. The van der Waals surface area contributed by atoms with Gasteiger partial charge in [0, 0.05) is 18.8 Å². The molecule has 1 unspecified atom stereocenters. The van der Waals surface area contributed by atoms with Crippen LogP contribution in [-0.4, -0.2) is 29.8 Å². The van der Waals surface area contributed by atoms with Gasteiger partial charge in [-0.05, 0) is 50.1 Å². The van der Waals surface area contributed by atoms with E-state index in [-0.39, 0.29) is 23.5 Å². The van der Waals surface area contributed by atoms with Gasteiger partial charge in [-0.1, -0.05) is 0 Å². The highest BCUT2D eigenvalue weighted by atomic mass is 19.1. The fourth-order valence-corrected chi connectivity index (χ4v) is 2.93. The molecule has 0 spiro atoms. The number of rotatable bonds is 3. The van der Waals surface area contributed by atoms with Crippen LogP contribution in [0.5, 0.6) is 0 Å². The predicted molar refractivity (Wildman–Crippen MR) is 87.1 cm³/mol. The number of benzene rings is 1. The first-order valence-electron chi connectivity index (χ1n) is 7.94. The number of piperidine rings is 1. The Morgan fingerprint density at radius 2 is 2.00 bits per heavy atom. The number of nitrogens with one attached hydrogen (secondary N) is 1. The molecule has 0 bridgehead atoms. The Labute approximate surface area is 139 Å². The van der Waals surface area contributed by atoms with E-state index in [0.717, 1.165) is 12.8 Å². The molecular weight excluding hydrogens is 311 g/mol. The van der Waals surface area contributed by atoms with Gasteiger partial charge < -0.3 is 14.6 Å². The molecule has 0 saturated carbocycles. The molecule has 1 aliphatic heterocycles. The Kier molecular flexibility index (Phi) is 4.64. The van der Waals surface area contributed by atoms with Gasteiger partial charge in [0.25, 0.3) is 5.91 Å². The van der Waals surface area contributed by atoms with Gasteiger partial charge in [-0.2, -0.15) is 0 Å².